The monoisotopic (exact) mass is 314 g/mol. The van der Waals surface area contributed by atoms with Crippen LogP contribution < -0.4 is 0 Å². The third kappa shape index (κ3) is 4.88. The predicted molar refractivity (Wildman–Crippen MR) is 85.7 cm³/mol. The van der Waals surface area contributed by atoms with E-state index in [0.29, 0.717) is 6.61 Å². The summed E-state index contributed by atoms with van der Waals surface area (Å²) in [5.41, 5.74) is 2.25. The number of carbonyl (C=O) groups excluding carboxylic acids is 1. The number of rotatable bonds is 5. The highest BCUT2D eigenvalue weighted by Gasteiger charge is 2.05. The van der Waals surface area contributed by atoms with Crippen LogP contribution in [0.15, 0.2) is 66.8 Å². The Balaban J connectivity index is 2.36. The minimum absolute atomic E-state index is 0.301. The second kappa shape index (κ2) is 8.03. The summed E-state index contributed by atoms with van der Waals surface area (Å²) in [6, 6.07) is 11.9. The molecule has 0 saturated carbocycles. The fourth-order valence-electron chi connectivity index (χ4n) is 2.03. The number of allylic oxidation sites excluding steroid dienone is 2. The van der Waals surface area contributed by atoms with Gasteiger partial charge in [-0.3, -0.25) is 0 Å². The van der Waals surface area contributed by atoms with Crippen LogP contribution >= 0.6 is 0 Å². The molecule has 0 aliphatic rings. The zero-order valence-electron chi connectivity index (χ0n) is 12.6. The number of halogens is 2. The van der Waals surface area contributed by atoms with Gasteiger partial charge in [0.2, 0.25) is 0 Å². The summed E-state index contributed by atoms with van der Waals surface area (Å²) in [6.45, 7) is 2.03. The summed E-state index contributed by atoms with van der Waals surface area (Å²) >= 11 is 0. The van der Waals surface area contributed by atoms with E-state index in [9.17, 15) is 13.6 Å². The average Bonchev–Trinajstić information content (AvgIpc) is 2.54. The Bertz CT molecular complexity index is 667. The van der Waals surface area contributed by atoms with Crippen LogP contribution in [0.2, 0.25) is 0 Å². The van der Waals surface area contributed by atoms with Crippen molar-refractivity contribution in [3.63, 3.8) is 0 Å². The molecule has 2 aromatic rings. The van der Waals surface area contributed by atoms with Crippen molar-refractivity contribution in [2.24, 2.45) is 0 Å². The SMILES string of the molecule is CCOC(=O)/C=C/C=C(c1ccc(F)cc1)c1ccc(F)cc1. The summed E-state index contributed by atoms with van der Waals surface area (Å²) in [5, 5.41) is 0. The van der Waals surface area contributed by atoms with E-state index in [1.165, 1.54) is 30.3 Å². The van der Waals surface area contributed by atoms with Crippen LogP contribution in [0.4, 0.5) is 8.78 Å². The van der Waals surface area contributed by atoms with Crippen molar-refractivity contribution in [2.45, 2.75) is 6.92 Å². The normalized spacial score (nSPS) is 10.6. The summed E-state index contributed by atoms with van der Waals surface area (Å²) in [7, 11) is 0. The second-order valence-corrected chi connectivity index (χ2v) is 4.71. The van der Waals surface area contributed by atoms with E-state index in [0.717, 1.165) is 16.7 Å². The van der Waals surface area contributed by atoms with Gasteiger partial charge in [0.05, 0.1) is 6.61 Å². The largest absolute Gasteiger partial charge is 0.463 e. The maximum Gasteiger partial charge on any atom is 0.330 e. The standard InChI is InChI=1S/C19H16F2O2/c1-2-23-19(22)5-3-4-18(14-6-10-16(20)11-7-14)15-8-12-17(21)13-9-15/h3-13H,2H2,1H3/b5-3+. The lowest BCUT2D eigenvalue weighted by Crippen LogP contribution is -1.98. The molecule has 0 saturated heterocycles. The van der Waals surface area contributed by atoms with Gasteiger partial charge in [-0.1, -0.05) is 36.4 Å². The fraction of sp³-hybridized carbons (Fsp3) is 0.105. The molecule has 0 atom stereocenters. The van der Waals surface area contributed by atoms with E-state index in [4.69, 9.17) is 4.74 Å². The van der Waals surface area contributed by atoms with Gasteiger partial charge in [-0.05, 0) is 47.9 Å². The minimum atomic E-state index is -0.443. The number of carbonyl (C=O) groups is 1. The van der Waals surface area contributed by atoms with Crippen molar-refractivity contribution in [3.8, 4) is 0 Å². The lowest BCUT2D eigenvalue weighted by Gasteiger charge is -2.08. The highest BCUT2D eigenvalue weighted by Crippen LogP contribution is 2.24. The molecule has 4 heteroatoms. The van der Waals surface area contributed by atoms with Crippen LogP contribution in [0.25, 0.3) is 5.57 Å². The maximum absolute atomic E-state index is 13.1. The van der Waals surface area contributed by atoms with Gasteiger partial charge in [0, 0.05) is 6.08 Å². The first kappa shape index (κ1) is 16.6. The zero-order valence-corrected chi connectivity index (χ0v) is 12.6. The molecule has 2 nitrogen and oxygen atoms in total. The topological polar surface area (TPSA) is 26.3 Å². The molecular weight excluding hydrogens is 298 g/mol. The molecule has 23 heavy (non-hydrogen) atoms. The van der Waals surface area contributed by atoms with Crippen LogP contribution in [0, 0.1) is 11.6 Å². The molecule has 0 fully saturated rings. The van der Waals surface area contributed by atoms with Crippen molar-refractivity contribution in [3.05, 3.63) is 89.5 Å². The third-order valence-electron chi connectivity index (χ3n) is 3.09. The molecule has 2 aromatic carbocycles. The summed E-state index contributed by atoms with van der Waals surface area (Å²) in [4.78, 5) is 11.3. The summed E-state index contributed by atoms with van der Waals surface area (Å²) in [5.74, 6) is -1.12. The van der Waals surface area contributed by atoms with Crippen LogP contribution in [-0.2, 0) is 9.53 Å². The van der Waals surface area contributed by atoms with Crippen molar-refractivity contribution in [1.29, 1.82) is 0 Å². The van der Waals surface area contributed by atoms with E-state index in [1.807, 2.05) is 0 Å². The lowest BCUT2D eigenvalue weighted by atomic mass is 9.97. The van der Waals surface area contributed by atoms with Gasteiger partial charge in [-0.25, -0.2) is 13.6 Å². The van der Waals surface area contributed by atoms with E-state index in [1.54, 1.807) is 43.3 Å². The highest BCUT2D eigenvalue weighted by molar-refractivity contribution is 5.85. The summed E-state index contributed by atoms with van der Waals surface area (Å²) < 4.78 is 31.0. The van der Waals surface area contributed by atoms with Gasteiger partial charge >= 0.3 is 5.97 Å². The average molecular weight is 314 g/mol. The Morgan fingerprint density at radius 3 is 1.87 bits per heavy atom. The van der Waals surface area contributed by atoms with Gasteiger partial charge in [-0.15, -0.1) is 0 Å². The molecule has 0 heterocycles. The van der Waals surface area contributed by atoms with Gasteiger partial charge in [0.15, 0.2) is 0 Å². The molecule has 0 amide bonds. The molecule has 0 aliphatic heterocycles. The first-order valence-corrected chi connectivity index (χ1v) is 7.17. The number of benzene rings is 2. The number of esters is 1. The molecule has 0 bridgehead atoms. The summed E-state index contributed by atoms with van der Waals surface area (Å²) in [6.07, 6.45) is 4.56. The number of hydrogen-bond acceptors (Lipinski definition) is 2. The van der Waals surface area contributed by atoms with Crippen molar-refractivity contribution < 1.29 is 18.3 Å². The Hall–Kier alpha value is -2.75. The maximum atomic E-state index is 13.1. The van der Waals surface area contributed by atoms with E-state index in [-0.39, 0.29) is 11.6 Å². The highest BCUT2D eigenvalue weighted by atomic mass is 19.1. The van der Waals surface area contributed by atoms with Gasteiger partial charge in [0.1, 0.15) is 11.6 Å². The van der Waals surface area contributed by atoms with E-state index >= 15 is 0 Å². The van der Waals surface area contributed by atoms with Crippen LogP contribution in [0.5, 0.6) is 0 Å². The molecule has 0 aliphatic carbocycles. The predicted octanol–water partition coefficient (Wildman–Crippen LogP) is 4.52. The smallest absolute Gasteiger partial charge is 0.330 e. The van der Waals surface area contributed by atoms with Crippen molar-refractivity contribution >= 4 is 11.5 Å². The molecule has 0 spiro atoms. The molecular formula is C19H16F2O2. The molecule has 0 N–H and O–H groups in total. The minimum Gasteiger partial charge on any atom is -0.463 e. The molecule has 0 unspecified atom stereocenters. The Kier molecular flexibility index (Phi) is 5.80. The van der Waals surface area contributed by atoms with Gasteiger partial charge in [0.25, 0.3) is 0 Å². The van der Waals surface area contributed by atoms with E-state index < -0.39 is 5.97 Å². The molecule has 118 valence electrons. The number of ether oxygens (including phenoxy) is 1. The van der Waals surface area contributed by atoms with Gasteiger partial charge < -0.3 is 4.74 Å². The fourth-order valence-corrected chi connectivity index (χ4v) is 2.03. The Morgan fingerprint density at radius 2 is 1.43 bits per heavy atom. The zero-order chi connectivity index (χ0) is 16.7. The Morgan fingerprint density at radius 1 is 0.957 bits per heavy atom. The van der Waals surface area contributed by atoms with E-state index in [2.05, 4.69) is 0 Å². The first-order valence-electron chi connectivity index (χ1n) is 7.17. The molecule has 0 aromatic heterocycles. The number of hydrogen-bond donors (Lipinski definition) is 0. The first-order chi connectivity index (χ1) is 11.1. The van der Waals surface area contributed by atoms with Crippen LogP contribution in [-0.4, -0.2) is 12.6 Å². The van der Waals surface area contributed by atoms with Crippen molar-refractivity contribution in [1.82, 2.24) is 0 Å². The van der Waals surface area contributed by atoms with Crippen LogP contribution in [0.3, 0.4) is 0 Å². The quantitative estimate of drug-likeness (QED) is 0.461. The lowest BCUT2D eigenvalue weighted by molar-refractivity contribution is -0.137. The molecule has 0 radical (unpaired) electrons. The molecule has 2 rings (SSSR count). The second-order valence-electron chi connectivity index (χ2n) is 4.71. The van der Waals surface area contributed by atoms with Crippen molar-refractivity contribution in [2.75, 3.05) is 6.61 Å². The van der Waals surface area contributed by atoms with Crippen LogP contribution in [0.1, 0.15) is 18.1 Å². The third-order valence-corrected chi connectivity index (χ3v) is 3.09. The Labute approximate surface area is 133 Å². The van der Waals surface area contributed by atoms with Gasteiger partial charge in [-0.2, -0.15) is 0 Å².